The highest BCUT2D eigenvalue weighted by Gasteiger charge is 2.56. The quantitative estimate of drug-likeness (QED) is 0.826. The summed E-state index contributed by atoms with van der Waals surface area (Å²) < 4.78 is 13.6. The number of halogens is 1. The lowest BCUT2D eigenvalue weighted by atomic mass is 10.1. The second-order valence-corrected chi connectivity index (χ2v) is 4.55. The van der Waals surface area contributed by atoms with Crippen molar-refractivity contribution in [1.29, 1.82) is 0 Å². The molecular weight excluding hydrogens is 209 g/mol. The van der Waals surface area contributed by atoms with Crippen LogP contribution in [0.15, 0.2) is 24.3 Å². The predicted octanol–water partition coefficient (Wildman–Crippen LogP) is 1.74. The van der Waals surface area contributed by atoms with Crippen LogP contribution in [0.3, 0.4) is 0 Å². The molecule has 0 spiro atoms. The maximum Gasteiger partial charge on any atom is 0.326 e. The first kappa shape index (κ1) is 9.63. The summed E-state index contributed by atoms with van der Waals surface area (Å²) in [6.07, 6.45) is 0.974. The normalized spacial score (nSPS) is 31.3. The number of aliphatic carboxylic acids is 1. The minimum absolute atomic E-state index is 0.220. The molecule has 16 heavy (non-hydrogen) atoms. The predicted molar refractivity (Wildman–Crippen MR) is 56.8 cm³/mol. The van der Waals surface area contributed by atoms with Crippen LogP contribution in [0.4, 0.5) is 10.1 Å². The largest absolute Gasteiger partial charge is 0.480 e. The molecule has 1 aromatic rings. The topological polar surface area (TPSA) is 40.5 Å². The van der Waals surface area contributed by atoms with Crippen LogP contribution in [0.2, 0.25) is 0 Å². The molecule has 3 atom stereocenters. The fraction of sp³-hybridized carbons (Fsp3) is 0.417. The van der Waals surface area contributed by atoms with E-state index in [0.29, 0.717) is 18.2 Å². The second kappa shape index (κ2) is 3.20. The van der Waals surface area contributed by atoms with E-state index in [1.807, 2.05) is 0 Å². The Bertz CT molecular complexity index is 448. The van der Waals surface area contributed by atoms with Crippen molar-refractivity contribution in [2.75, 3.05) is 11.4 Å². The molecule has 3 nitrogen and oxygen atoms in total. The van der Waals surface area contributed by atoms with E-state index in [2.05, 4.69) is 0 Å². The average molecular weight is 221 g/mol. The molecule has 1 saturated heterocycles. The Kier molecular flexibility index (Phi) is 1.93. The second-order valence-electron chi connectivity index (χ2n) is 4.55. The number of carbonyl (C=O) groups is 1. The third kappa shape index (κ3) is 1.29. The summed E-state index contributed by atoms with van der Waals surface area (Å²) >= 11 is 0. The smallest absolute Gasteiger partial charge is 0.326 e. The van der Waals surface area contributed by atoms with Crippen LogP contribution in [0.5, 0.6) is 0 Å². The van der Waals surface area contributed by atoms with Gasteiger partial charge in [-0.1, -0.05) is 12.1 Å². The minimum Gasteiger partial charge on any atom is -0.480 e. The third-order valence-electron chi connectivity index (χ3n) is 3.56. The number of carboxylic acids is 1. The fourth-order valence-corrected chi connectivity index (χ4v) is 2.71. The number of nitrogens with zero attached hydrogens (tertiary/aromatic N) is 1. The first-order valence-corrected chi connectivity index (χ1v) is 5.42. The highest BCUT2D eigenvalue weighted by Crippen LogP contribution is 2.51. The number of piperidine rings is 1. The lowest BCUT2D eigenvalue weighted by Gasteiger charge is -2.26. The van der Waals surface area contributed by atoms with Gasteiger partial charge in [-0.3, -0.25) is 0 Å². The zero-order valence-electron chi connectivity index (χ0n) is 8.64. The molecule has 0 amide bonds. The summed E-state index contributed by atoms with van der Waals surface area (Å²) in [6, 6.07) is 5.84. The summed E-state index contributed by atoms with van der Waals surface area (Å²) in [4.78, 5) is 12.9. The molecule has 3 unspecified atom stereocenters. The van der Waals surface area contributed by atoms with Gasteiger partial charge in [-0.15, -0.1) is 0 Å². The summed E-state index contributed by atoms with van der Waals surface area (Å²) in [5.41, 5.74) is 0.419. The van der Waals surface area contributed by atoms with E-state index in [0.717, 1.165) is 6.42 Å². The molecule has 1 N–H and O–H groups in total. The zero-order chi connectivity index (χ0) is 11.3. The monoisotopic (exact) mass is 221 g/mol. The van der Waals surface area contributed by atoms with Crippen molar-refractivity contribution in [3.63, 3.8) is 0 Å². The molecule has 1 aliphatic heterocycles. The Labute approximate surface area is 92.5 Å². The van der Waals surface area contributed by atoms with Crippen molar-refractivity contribution >= 4 is 11.7 Å². The van der Waals surface area contributed by atoms with Crippen LogP contribution in [0.25, 0.3) is 0 Å². The Hall–Kier alpha value is -1.58. The van der Waals surface area contributed by atoms with Gasteiger partial charge in [0.15, 0.2) is 0 Å². The number of anilines is 1. The van der Waals surface area contributed by atoms with Gasteiger partial charge >= 0.3 is 5.97 Å². The maximum atomic E-state index is 13.6. The number of benzene rings is 1. The number of carboxylic acid groups (broad SMARTS) is 1. The van der Waals surface area contributed by atoms with Crippen LogP contribution in [-0.2, 0) is 4.79 Å². The van der Waals surface area contributed by atoms with E-state index < -0.39 is 12.0 Å². The molecule has 84 valence electrons. The van der Waals surface area contributed by atoms with E-state index in [1.165, 1.54) is 6.07 Å². The Morgan fingerprint density at radius 2 is 2.19 bits per heavy atom. The lowest BCUT2D eigenvalue weighted by molar-refractivity contribution is -0.138. The number of rotatable bonds is 2. The Morgan fingerprint density at radius 3 is 2.88 bits per heavy atom. The van der Waals surface area contributed by atoms with Crippen LogP contribution in [0.1, 0.15) is 6.42 Å². The minimum atomic E-state index is -0.840. The van der Waals surface area contributed by atoms with Gasteiger partial charge in [0, 0.05) is 6.54 Å². The van der Waals surface area contributed by atoms with E-state index in [-0.39, 0.29) is 11.7 Å². The standard InChI is InChI=1S/C12H12FNO2/c13-9-3-1-2-4-10(9)14-6-7-5-8(7)11(14)12(15)16/h1-4,7-8,11H,5-6H2,(H,15,16). The summed E-state index contributed by atoms with van der Waals surface area (Å²) in [5, 5.41) is 9.17. The summed E-state index contributed by atoms with van der Waals surface area (Å²) in [7, 11) is 0. The first-order valence-electron chi connectivity index (χ1n) is 5.42. The molecule has 1 aliphatic carbocycles. The van der Waals surface area contributed by atoms with Gasteiger partial charge in [0.1, 0.15) is 11.9 Å². The fourth-order valence-electron chi connectivity index (χ4n) is 2.71. The van der Waals surface area contributed by atoms with Crippen molar-refractivity contribution in [3.05, 3.63) is 30.1 Å². The SMILES string of the molecule is O=C(O)C1C2CC2CN1c1ccccc1F. The van der Waals surface area contributed by atoms with E-state index in [4.69, 9.17) is 5.11 Å². The highest BCUT2D eigenvalue weighted by atomic mass is 19.1. The molecule has 1 heterocycles. The van der Waals surface area contributed by atoms with E-state index in [9.17, 15) is 9.18 Å². The molecule has 3 rings (SSSR count). The van der Waals surface area contributed by atoms with Gasteiger partial charge in [0.2, 0.25) is 0 Å². The van der Waals surface area contributed by atoms with Crippen LogP contribution in [0, 0.1) is 17.7 Å². The molecule has 0 bridgehead atoms. The van der Waals surface area contributed by atoms with Crippen LogP contribution < -0.4 is 4.90 Å². The molecule has 1 aromatic carbocycles. The first-order chi connectivity index (χ1) is 7.68. The van der Waals surface area contributed by atoms with Crippen molar-refractivity contribution in [1.82, 2.24) is 0 Å². The Balaban J connectivity index is 1.96. The van der Waals surface area contributed by atoms with Gasteiger partial charge in [-0.2, -0.15) is 0 Å². The van der Waals surface area contributed by atoms with E-state index in [1.54, 1.807) is 23.1 Å². The summed E-state index contributed by atoms with van der Waals surface area (Å²) in [5.74, 6) is -0.513. The molecular formula is C12H12FNO2. The van der Waals surface area contributed by atoms with Crippen molar-refractivity contribution < 1.29 is 14.3 Å². The molecule has 0 aromatic heterocycles. The van der Waals surface area contributed by atoms with Crippen molar-refractivity contribution in [2.45, 2.75) is 12.5 Å². The summed E-state index contributed by atoms with van der Waals surface area (Å²) in [6.45, 7) is 0.669. The van der Waals surface area contributed by atoms with Gasteiger partial charge in [0.25, 0.3) is 0 Å². The molecule has 4 heteroatoms. The number of hydrogen-bond donors (Lipinski definition) is 1. The van der Waals surface area contributed by atoms with Crippen molar-refractivity contribution in [3.8, 4) is 0 Å². The Morgan fingerprint density at radius 1 is 1.44 bits per heavy atom. The third-order valence-corrected chi connectivity index (χ3v) is 3.56. The zero-order valence-corrected chi connectivity index (χ0v) is 8.64. The molecule has 1 saturated carbocycles. The van der Waals surface area contributed by atoms with E-state index >= 15 is 0 Å². The molecule has 2 aliphatic rings. The lowest BCUT2D eigenvalue weighted by Crippen LogP contribution is -2.39. The van der Waals surface area contributed by atoms with Gasteiger partial charge in [-0.25, -0.2) is 9.18 Å². The van der Waals surface area contributed by atoms with Crippen molar-refractivity contribution in [2.24, 2.45) is 11.8 Å². The maximum absolute atomic E-state index is 13.6. The highest BCUT2D eigenvalue weighted by molar-refractivity contribution is 5.80. The van der Waals surface area contributed by atoms with Gasteiger partial charge in [0.05, 0.1) is 5.69 Å². The molecule has 2 fully saturated rings. The number of fused-ring (bicyclic) bond motifs is 1. The number of para-hydroxylation sites is 1. The van der Waals surface area contributed by atoms with Crippen LogP contribution >= 0.6 is 0 Å². The average Bonchev–Trinajstić information content (AvgIpc) is 2.89. The van der Waals surface area contributed by atoms with Gasteiger partial charge < -0.3 is 10.0 Å². The van der Waals surface area contributed by atoms with Crippen LogP contribution in [-0.4, -0.2) is 23.7 Å². The number of hydrogen-bond acceptors (Lipinski definition) is 2. The molecule has 0 radical (unpaired) electrons. The van der Waals surface area contributed by atoms with Gasteiger partial charge in [-0.05, 0) is 30.4 Å².